The van der Waals surface area contributed by atoms with Gasteiger partial charge in [-0.2, -0.15) is 5.26 Å². The molecular weight excluding hydrogens is 350 g/mol. The predicted octanol–water partition coefficient (Wildman–Crippen LogP) is 4.44. The Hall–Kier alpha value is -1.34. The lowest BCUT2D eigenvalue weighted by Gasteiger charge is -2.28. The van der Waals surface area contributed by atoms with Gasteiger partial charge in [-0.15, -0.1) is 0 Å². The summed E-state index contributed by atoms with van der Waals surface area (Å²) in [5.41, 5.74) is 2.02. The molecule has 2 aromatic carbocycles. The van der Waals surface area contributed by atoms with Crippen LogP contribution in [-0.2, 0) is 12.8 Å². The quantitative estimate of drug-likeness (QED) is 0.858. The van der Waals surface area contributed by atoms with Crippen molar-refractivity contribution in [2.45, 2.75) is 18.9 Å². The Morgan fingerprint density at radius 1 is 1.19 bits per heavy atom. The molecule has 21 heavy (non-hydrogen) atoms. The lowest BCUT2D eigenvalue weighted by molar-refractivity contribution is 0.0694. The molecule has 106 valence electrons. The molecular formula is C17H13BrClNO. The molecule has 0 bridgehead atoms. The lowest BCUT2D eigenvalue weighted by Crippen LogP contribution is -2.28. The highest BCUT2D eigenvalue weighted by Gasteiger charge is 2.44. The summed E-state index contributed by atoms with van der Waals surface area (Å²) in [5.74, 6) is 0. The van der Waals surface area contributed by atoms with Gasteiger partial charge in [0, 0.05) is 15.1 Å². The van der Waals surface area contributed by atoms with Gasteiger partial charge < -0.3 is 5.11 Å². The fraction of sp³-hybridized carbons (Fsp3) is 0.235. The van der Waals surface area contributed by atoms with E-state index in [9.17, 15) is 10.4 Å². The van der Waals surface area contributed by atoms with Crippen LogP contribution in [0.3, 0.4) is 0 Å². The summed E-state index contributed by atoms with van der Waals surface area (Å²) in [6.45, 7) is 0. The van der Waals surface area contributed by atoms with Crippen molar-refractivity contribution < 1.29 is 5.11 Å². The van der Waals surface area contributed by atoms with Crippen LogP contribution >= 0.6 is 27.5 Å². The number of nitriles is 1. The molecule has 0 saturated heterocycles. The Bertz CT molecular complexity index is 713. The van der Waals surface area contributed by atoms with Crippen molar-refractivity contribution in [3.63, 3.8) is 0 Å². The Labute approximate surface area is 137 Å². The Kier molecular flexibility index (Phi) is 3.79. The number of hydrogen-bond acceptors (Lipinski definition) is 2. The minimum atomic E-state index is -0.907. The van der Waals surface area contributed by atoms with Crippen molar-refractivity contribution in [2.75, 3.05) is 0 Å². The largest absolute Gasteiger partial charge is 0.387 e. The van der Waals surface area contributed by atoms with Crippen molar-refractivity contribution in [1.29, 1.82) is 5.26 Å². The van der Waals surface area contributed by atoms with Gasteiger partial charge in [0.25, 0.3) is 0 Å². The number of nitrogens with zero attached hydrogens (tertiary/aromatic N) is 1. The van der Waals surface area contributed by atoms with Crippen LogP contribution in [0.5, 0.6) is 0 Å². The normalized spacial score (nSPS) is 17.0. The van der Waals surface area contributed by atoms with E-state index in [4.69, 9.17) is 11.6 Å². The van der Waals surface area contributed by atoms with E-state index in [1.165, 1.54) is 0 Å². The number of hydrogen-bond donors (Lipinski definition) is 1. The third kappa shape index (κ3) is 2.48. The van der Waals surface area contributed by atoms with E-state index in [1.807, 2.05) is 30.3 Å². The predicted molar refractivity (Wildman–Crippen MR) is 86.0 cm³/mol. The second-order valence-corrected chi connectivity index (χ2v) is 6.78. The Morgan fingerprint density at radius 2 is 1.81 bits per heavy atom. The van der Waals surface area contributed by atoms with E-state index in [0.717, 1.165) is 15.6 Å². The summed E-state index contributed by atoms with van der Waals surface area (Å²) in [6.07, 6.45) is 0.191. The number of benzene rings is 2. The molecule has 4 heteroatoms. The molecule has 3 rings (SSSR count). The molecule has 1 N–H and O–H groups in total. The van der Waals surface area contributed by atoms with Gasteiger partial charge in [-0.05, 0) is 36.1 Å². The van der Waals surface area contributed by atoms with E-state index in [2.05, 4.69) is 22.0 Å². The van der Waals surface area contributed by atoms with Gasteiger partial charge in [0.2, 0.25) is 0 Å². The van der Waals surface area contributed by atoms with E-state index >= 15 is 0 Å². The average molecular weight is 363 g/mol. The molecule has 0 fully saturated rings. The van der Waals surface area contributed by atoms with Gasteiger partial charge in [-0.1, -0.05) is 57.9 Å². The van der Waals surface area contributed by atoms with Gasteiger partial charge in [0.15, 0.2) is 0 Å². The van der Waals surface area contributed by atoms with Crippen LogP contribution in [0.1, 0.15) is 22.8 Å². The molecule has 2 nitrogen and oxygen atoms in total. The second kappa shape index (κ2) is 5.46. The number of halogens is 2. The highest BCUT2D eigenvalue weighted by molar-refractivity contribution is 9.10. The van der Waals surface area contributed by atoms with Crippen molar-refractivity contribution in [1.82, 2.24) is 0 Å². The fourth-order valence-corrected chi connectivity index (χ4v) is 3.78. The van der Waals surface area contributed by atoms with Gasteiger partial charge in [0.05, 0.1) is 17.6 Å². The summed E-state index contributed by atoms with van der Waals surface area (Å²) in [6, 6.07) is 15.7. The Morgan fingerprint density at radius 3 is 2.33 bits per heavy atom. The van der Waals surface area contributed by atoms with Crippen LogP contribution in [0.2, 0.25) is 5.02 Å². The van der Waals surface area contributed by atoms with Crippen LogP contribution in [-0.4, -0.2) is 5.11 Å². The van der Waals surface area contributed by atoms with Gasteiger partial charge in [0.1, 0.15) is 0 Å². The van der Waals surface area contributed by atoms with Crippen molar-refractivity contribution in [2.24, 2.45) is 5.41 Å². The molecule has 2 aromatic rings. The molecule has 0 heterocycles. The van der Waals surface area contributed by atoms with Gasteiger partial charge in [-0.25, -0.2) is 0 Å². The molecule has 0 radical (unpaired) electrons. The van der Waals surface area contributed by atoms with Crippen LogP contribution in [0.4, 0.5) is 0 Å². The summed E-state index contributed by atoms with van der Waals surface area (Å²) < 4.78 is 0.851. The third-order valence-electron chi connectivity index (χ3n) is 4.13. The molecule has 1 aliphatic carbocycles. The minimum absolute atomic E-state index is 0.474. The average Bonchev–Trinajstić information content (AvgIpc) is 2.86. The number of aliphatic hydroxyl groups is 1. The fourth-order valence-electron chi connectivity index (χ4n) is 3.00. The standard InChI is InChI=1S/C17H13BrClNO/c18-13-5-6-14(15(19)7-13)16(21)17(10-20)8-11-3-1-2-4-12(11)9-17/h1-7,16,21H,8-9H2. The monoisotopic (exact) mass is 361 g/mol. The van der Waals surface area contributed by atoms with E-state index in [0.29, 0.717) is 23.4 Å². The highest BCUT2D eigenvalue weighted by Crippen LogP contribution is 2.47. The SMILES string of the molecule is N#CC1(C(O)c2ccc(Br)cc2Cl)Cc2ccccc2C1. The maximum Gasteiger partial charge on any atom is 0.0997 e. The molecule has 0 aromatic heterocycles. The zero-order valence-electron chi connectivity index (χ0n) is 11.2. The molecule has 0 aliphatic heterocycles. The van der Waals surface area contributed by atoms with Crippen LogP contribution < -0.4 is 0 Å². The van der Waals surface area contributed by atoms with Crippen LogP contribution in [0.15, 0.2) is 46.9 Å². The van der Waals surface area contributed by atoms with Crippen molar-refractivity contribution in [3.05, 3.63) is 68.7 Å². The van der Waals surface area contributed by atoms with Crippen LogP contribution in [0.25, 0.3) is 0 Å². The molecule has 1 aliphatic rings. The number of aliphatic hydroxyl groups excluding tert-OH is 1. The summed E-state index contributed by atoms with van der Waals surface area (Å²) in [7, 11) is 0. The van der Waals surface area contributed by atoms with Gasteiger partial charge >= 0.3 is 0 Å². The molecule has 1 atom stereocenters. The second-order valence-electron chi connectivity index (χ2n) is 5.46. The summed E-state index contributed by atoms with van der Waals surface area (Å²) >= 11 is 9.59. The maximum atomic E-state index is 10.8. The molecule has 0 spiro atoms. The van der Waals surface area contributed by atoms with Crippen LogP contribution in [0, 0.1) is 16.7 Å². The molecule has 0 amide bonds. The Balaban J connectivity index is 2.00. The van der Waals surface area contributed by atoms with Crippen molar-refractivity contribution in [3.8, 4) is 6.07 Å². The number of rotatable bonds is 2. The first-order chi connectivity index (χ1) is 10.1. The first-order valence-corrected chi connectivity index (χ1v) is 7.84. The first-order valence-electron chi connectivity index (χ1n) is 6.67. The summed E-state index contributed by atoms with van der Waals surface area (Å²) in [4.78, 5) is 0. The number of fused-ring (bicyclic) bond motifs is 1. The third-order valence-corrected chi connectivity index (χ3v) is 4.95. The van der Waals surface area contributed by atoms with E-state index in [-0.39, 0.29) is 0 Å². The van der Waals surface area contributed by atoms with E-state index in [1.54, 1.807) is 12.1 Å². The van der Waals surface area contributed by atoms with Crippen molar-refractivity contribution >= 4 is 27.5 Å². The lowest BCUT2D eigenvalue weighted by atomic mass is 9.77. The summed E-state index contributed by atoms with van der Waals surface area (Å²) in [5, 5.41) is 21.0. The molecule has 0 saturated carbocycles. The molecule has 1 unspecified atom stereocenters. The zero-order chi connectivity index (χ0) is 15.0. The highest BCUT2D eigenvalue weighted by atomic mass is 79.9. The first kappa shape index (κ1) is 14.6. The zero-order valence-corrected chi connectivity index (χ0v) is 13.5. The van der Waals surface area contributed by atoms with Gasteiger partial charge in [-0.3, -0.25) is 0 Å². The minimum Gasteiger partial charge on any atom is -0.387 e. The van der Waals surface area contributed by atoms with E-state index < -0.39 is 11.5 Å². The maximum absolute atomic E-state index is 10.8. The smallest absolute Gasteiger partial charge is 0.0997 e. The topological polar surface area (TPSA) is 44.0 Å².